The summed E-state index contributed by atoms with van der Waals surface area (Å²) in [6.07, 6.45) is 2.50. The van der Waals surface area contributed by atoms with Crippen LogP contribution in [-0.2, 0) is 0 Å². The Hall–Kier alpha value is -1.60. The van der Waals surface area contributed by atoms with Crippen LogP contribution in [0.1, 0.15) is 18.4 Å². The van der Waals surface area contributed by atoms with Gasteiger partial charge in [-0.25, -0.2) is 4.39 Å². The van der Waals surface area contributed by atoms with Gasteiger partial charge in [0.2, 0.25) is 0 Å². The van der Waals surface area contributed by atoms with Gasteiger partial charge in [0.15, 0.2) is 0 Å². The van der Waals surface area contributed by atoms with Crippen molar-refractivity contribution in [3.8, 4) is 11.8 Å². The number of nitrogens with one attached hydrogen (secondary N) is 1. The molecule has 1 atom stereocenters. The van der Waals surface area contributed by atoms with Gasteiger partial charge in [-0.2, -0.15) is 5.26 Å². The number of nitriles is 1. The van der Waals surface area contributed by atoms with E-state index in [2.05, 4.69) is 5.32 Å². The summed E-state index contributed by atoms with van der Waals surface area (Å²) in [7, 11) is 0. The Morgan fingerprint density at radius 2 is 2.29 bits per heavy atom. The van der Waals surface area contributed by atoms with Crippen LogP contribution in [-0.4, -0.2) is 19.2 Å². The van der Waals surface area contributed by atoms with E-state index in [1.165, 1.54) is 25.0 Å². The first kappa shape index (κ1) is 10.5. The maximum Gasteiger partial charge on any atom is 0.144 e. The second kappa shape index (κ2) is 3.71. The SMILES string of the molecule is N#Cc1ccc(O[C@H]2CNCC23CC3)cc1F. The Morgan fingerprint density at radius 1 is 1.47 bits per heavy atom. The monoisotopic (exact) mass is 232 g/mol. The van der Waals surface area contributed by atoms with Crippen LogP contribution in [0.15, 0.2) is 18.2 Å². The molecule has 3 rings (SSSR count). The van der Waals surface area contributed by atoms with E-state index in [1.807, 2.05) is 0 Å². The summed E-state index contributed by atoms with van der Waals surface area (Å²) in [4.78, 5) is 0. The number of rotatable bonds is 2. The van der Waals surface area contributed by atoms with Crippen LogP contribution >= 0.6 is 0 Å². The molecule has 0 unspecified atom stereocenters. The average molecular weight is 232 g/mol. The highest BCUT2D eigenvalue weighted by Gasteiger charge is 2.53. The molecule has 4 heteroatoms. The molecule has 0 amide bonds. The molecule has 1 spiro atoms. The van der Waals surface area contributed by atoms with Gasteiger partial charge in [0.1, 0.15) is 23.7 Å². The summed E-state index contributed by atoms with van der Waals surface area (Å²) in [6, 6.07) is 6.23. The molecule has 1 saturated heterocycles. The van der Waals surface area contributed by atoms with Crippen LogP contribution in [0.25, 0.3) is 0 Å². The highest BCUT2D eigenvalue weighted by Crippen LogP contribution is 2.51. The summed E-state index contributed by atoms with van der Waals surface area (Å²) in [5.41, 5.74) is 0.340. The van der Waals surface area contributed by atoms with Crippen molar-refractivity contribution in [2.45, 2.75) is 18.9 Å². The van der Waals surface area contributed by atoms with Crippen molar-refractivity contribution in [2.24, 2.45) is 5.41 Å². The molecular weight excluding hydrogens is 219 g/mol. The molecule has 1 aliphatic heterocycles. The second-order valence-electron chi connectivity index (χ2n) is 4.85. The predicted octanol–water partition coefficient (Wildman–Crippen LogP) is 1.83. The number of halogens is 1. The molecule has 1 aromatic rings. The van der Waals surface area contributed by atoms with Gasteiger partial charge in [-0.3, -0.25) is 0 Å². The minimum absolute atomic E-state index is 0.0584. The Kier molecular flexibility index (Phi) is 2.30. The number of hydrogen-bond donors (Lipinski definition) is 1. The van der Waals surface area contributed by atoms with E-state index in [-0.39, 0.29) is 17.1 Å². The molecule has 2 aliphatic rings. The Morgan fingerprint density at radius 3 is 2.94 bits per heavy atom. The Bertz CT molecular complexity index is 491. The van der Waals surface area contributed by atoms with Gasteiger partial charge in [0.05, 0.1) is 5.56 Å². The minimum atomic E-state index is -0.513. The van der Waals surface area contributed by atoms with E-state index in [1.54, 1.807) is 12.1 Å². The fourth-order valence-electron chi connectivity index (χ4n) is 2.43. The maximum atomic E-state index is 13.4. The van der Waals surface area contributed by atoms with Crippen LogP contribution < -0.4 is 10.1 Å². The molecule has 0 aromatic heterocycles. The van der Waals surface area contributed by atoms with Gasteiger partial charge in [0.25, 0.3) is 0 Å². The first-order valence-corrected chi connectivity index (χ1v) is 5.81. The Balaban J connectivity index is 1.77. The second-order valence-corrected chi connectivity index (χ2v) is 4.85. The van der Waals surface area contributed by atoms with Crippen molar-refractivity contribution in [2.75, 3.05) is 13.1 Å². The van der Waals surface area contributed by atoms with E-state index >= 15 is 0 Å². The van der Waals surface area contributed by atoms with Crippen LogP contribution in [0.4, 0.5) is 4.39 Å². The zero-order chi connectivity index (χ0) is 11.9. The Labute approximate surface area is 99.2 Å². The lowest BCUT2D eigenvalue weighted by atomic mass is 10.0. The fraction of sp³-hybridized carbons (Fsp3) is 0.462. The molecule has 1 aliphatic carbocycles. The molecule has 1 heterocycles. The molecule has 3 nitrogen and oxygen atoms in total. The van der Waals surface area contributed by atoms with Crippen molar-refractivity contribution in [1.29, 1.82) is 5.26 Å². The number of benzene rings is 1. The topological polar surface area (TPSA) is 45.0 Å². The summed E-state index contributed by atoms with van der Waals surface area (Å²) in [5.74, 6) is 0.00211. The molecule has 0 bridgehead atoms. The lowest BCUT2D eigenvalue weighted by Gasteiger charge is -2.19. The highest BCUT2D eigenvalue weighted by molar-refractivity contribution is 5.36. The van der Waals surface area contributed by atoms with Crippen LogP contribution in [0, 0.1) is 22.6 Å². The van der Waals surface area contributed by atoms with Crippen LogP contribution in [0.5, 0.6) is 5.75 Å². The lowest BCUT2D eigenvalue weighted by molar-refractivity contribution is 0.161. The standard InChI is InChI=1S/C13H13FN2O/c14-11-5-10(2-1-9(11)6-15)17-12-7-16-8-13(12)3-4-13/h1-2,5,12,16H,3-4,7-8H2/t12-/m0/s1. The number of nitrogens with zero attached hydrogens (tertiary/aromatic N) is 1. The molecule has 0 radical (unpaired) electrons. The van der Waals surface area contributed by atoms with Crippen LogP contribution in [0.3, 0.4) is 0 Å². The normalized spacial score (nSPS) is 24.6. The summed E-state index contributed by atoms with van der Waals surface area (Å²) in [5, 5.41) is 12.0. The summed E-state index contributed by atoms with van der Waals surface area (Å²) < 4.78 is 19.2. The molecule has 88 valence electrons. The fourth-order valence-corrected chi connectivity index (χ4v) is 2.43. The van der Waals surface area contributed by atoms with E-state index in [9.17, 15) is 4.39 Å². The van der Waals surface area contributed by atoms with Gasteiger partial charge in [0, 0.05) is 24.6 Å². The zero-order valence-electron chi connectivity index (χ0n) is 9.37. The van der Waals surface area contributed by atoms with Crippen molar-refractivity contribution >= 4 is 0 Å². The molecule has 17 heavy (non-hydrogen) atoms. The van der Waals surface area contributed by atoms with Gasteiger partial charge < -0.3 is 10.1 Å². The average Bonchev–Trinajstić information content (AvgIpc) is 2.98. The first-order chi connectivity index (χ1) is 8.23. The van der Waals surface area contributed by atoms with Gasteiger partial charge in [-0.1, -0.05) is 0 Å². The summed E-state index contributed by atoms with van der Waals surface area (Å²) in [6.45, 7) is 1.82. The molecular formula is C13H13FN2O. The number of ether oxygens (including phenoxy) is 1. The van der Waals surface area contributed by atoms with E-state index in [0.29, 0.717) is 5.75 Å². The molecule has 2 fully saturated rings. The van der Waals surface area contributed by atoms with Crippen molar-refractivity contribution in [3.63, 3.8) is 0 Å². The third kappa shape index (κ3) is 1.77. The van der Waals surface area contributed by atoms with Crippen molar-refractivity contribution in [1.82, 2.24) is 5.32 Å². The van der Waals surface area contributed by atoms with Gasteiger partial charge in [-0.05, 0) is 25.0 Å². The maximum absolute atomic E-state index is 13.4. The van der Waals surface area contributed by atoms with Gasteiger partial charge in [-0.15, -0.1) is 0 Å². The highest BCUT2D eigenvalue weighted by atomic mass is 19.1. The van der Waals surface area contributed by atoms with E-state index in [0.717, 1.165) is 13.1 Å². The predicted molar refractivity (Wildman–Crippen MR) is 60.1 cm³/mol. The quantitative estimate of drug-likeness (QED) is 0.846. The summed E-state index contributed by atoms with van der Waals surface area (Å²) >= 11 is 0. The van der Waals surface area contributed by atoms with Gasteiger partial charge >= 0.3 is 0 Å². The molecule has 1 N–H and O–H groups in total. The third-order valence-electron chi connectivity index (χ3n) is 3.72. The molecule has 1 aromatic carbocycles. The smallest absolute Gasteiger partial charge is 0.144 e. The van der Waals surface area contributed by atoms with Crippen molar-refractivity contribution in [3.05, 3.63) is 29.6 Å². The van der Waals surface area contributed by atoms with E-state index in [4.69, 9.17) is 10.00 Å². The lowest BCUT2D eigenvalue weighted by Crippen LogP contribution is -2.27. The third-order valence-corrected chi connectivity index (χ3v) is 3.72. The first-order valence-electron chi connectivity index (χ1n) is 5.81. The largest absolute Gasteiger partial charge is 0.488 e. The minimum Gasteiger partial charge on any atom is -0.488 e. The van der Waals surface area contributed by atoms with Crippen molar-refractivity contribution < 1.29 is 9.13 Å². The van der Waals surface area contributed by atoms with Crippen LogP contribution in [0.2, 0.25) is 0 Å². The zero-order valence-corrected chi connectivity index (χ0v) is 9.37. The molecule has 1 saturated carbocycles. The number of hydrogen-bond acceptors (Lipinski definition) is 3. The van der Waals surface area contributed by atoms with E-state index < -0.39 is 5.82 Å².